The number of halogens is 1. The van der Waals surface area contributed by atoms with Crippen molar-refractivity contribution in [2.45, 2.75) is 77.2 Å². The van der Waals surface area contributed by atoms with Crippen molar-refractivity contribution in [3.05, 3.63) is 58.7 Å². The van der Waals surface area contributed by atoms with Crippen LogP contribution in [0.4, 0.5) is 9.18 Å². The maximum Gasteiger partial charge on any atom is 0.435 e. The van der Waals surface area contributed by atoms with Gasteiger partial charge in [-0.2, -0.15) is 9.78 Å². The highest BCUT2D eigenvalue weighted by Crippen LogP contribution is 2.40. The second kappa shape index (κ2) is 13.3. The minimum atomic E-state index is -0.786. The molecule has 4 rings (SSSR count). The lowest BCUT2D eigenvalue weighted by molar-refractivity contribution is -0.142. The maximum absolute atomic E-state index is 15.0. The summed E-state index contributed by atoms with van der Waals surface area (Å²) in [6.45, 7) is 9.39. The molecule has 0 spiro atoms. The number of nitrogens with zero attached hydrogens (tertiary/aromatic N) is 3. The van der Waals surface area contributed by atoms with E-state index in [1.807, 2.05) is 4.90 Å². The summed E-state index contributed by atoms with van der Waals surface area (Å²) in [5.41, 5.74) is 1.06. The van der Waals surface area contributed by atoms with Gasteiger partial charge in [-0.15, -0.1) is 0 Å². The largest absolute Gasteiger partial charge is 0.466 e. The van der Waals surface area contributed by atoms with Gasteiger partial charge in [-0.1, -0.05) is 30.0 Å². The van der Waals surface area contributed by atoms with E-state index in [0.717, 1.165) is 23.1 Å². The van der Waals surface area contributed by atoms with Crippen molar-refractivity contribution in [3.8, 4) is 0 Å². The third-order valence-corrected chi connectivity index (χ3v) is 8.09. The van der Waals surface area contributed by atoms with E-state index in [2.05, 4.69) is 5.10 Å². The van der Waals surface area contributed by atoms with Crippen LogP contribution in [0.3, 0.4) is 0 Å². The number of ether oxygens (including phenoxy) is 2. The summed E-state index contributed by atoms with van der Waals surface area (Å²) < 4.78 is 26.6. The standard InChI is InChI=1S/C31H38FN3O6S/c1-6-40-27(37)17-23-16-22(33-35(23)30(39)41-31(3,4)5)15-21-18-34(14-13-26(21)42-19(2)36)28(29(38)20-11-12-20)24-9-7-8-10-25(24)32/h7-10,15-16,20,26,28H,6,11-14,17-18H2,1-5H3/b21-15-. The Balaban J connectivity index is 1.71. The highest BCUT2D eigenvalue weighted by atomic mass is 32.2. The number of aromatic nitrogens is 2. The molecule has 1 aromatic heterocycles. The van der Waals surface area contributed by atoms with Gasteiger partial charge in [0, 0.05) is 36.7 Å². The van der Waals surface area contributed by atoms with Crippen molar-refractivity contribution in [2.24, 2.45) is 5.92 Å². The zero-order chi connectivity index (χ0) is 30.6. The van der Waals surface area contributed by atoms with Crippen LogP contribution in [-0.4, -0.2) is 68.2 Å². The molecule has 1 saturated carbocycles. The molecule has 2 heterocycles. The summed E-state index contributed by atoms with van der Waals surface area (Å²) in [5.74, 6) is -1.02. The molecule has 1 aliphatic carbocycles. The normalized spacial score (nSPS) is 19.4. The number of carbonyl (C=O) groups excluding carboxylic acids is 4. The Labute approximate surface area is 249 Å². The van der Waals surface area contributed by atoms with Crippen LogP contribution in [0.5, 0.6) is 0 Å². The van der Waals surface area contributed by atoms with E-state index in [1.54, 1.807) is 58.0 Å². The Morgan fingerprint density at radius 2 is 1.88 bits per heavy atom. The fraction of sp³-hybridized carbons (Fsp3) is 0.516. The zero-order valence-electron chi connectivity index (χ0n) is 24.7. The molecule has 0 bridgehead atoms. The number of hydrogen-bond acceptors (Lipinski definition) is 9. The average molecular weight is 600 g/mol. The smallest absolute Gasteiger partial charge is 0.435 e. The van der Waals surface area contributed by atoms with Crippen molar-refractivity contribution < 1.29 is 33.0 Å². The van der Waals surface area contributed by atoms with Crippen LogP contribution >= 0.6 is 11.8 Å². The summed E-state index contributed by atoms with van der Waals surface area (Å²) in [5, 5.41) is 4.20. The molecule has 2 fully saturated rings. The highest BCUT2D eigenvalue weighted by molar-refractivity contribution is 8.14. The first-order valence-electron chi connectivity index (χ1n) is 14.2. The number of piperidine rings is 1. The monoisotopic (exact) mass is 599 g/mol. The highest BCUT2D eigenvalue weighted by Gasteiger charge is 2.41. The first-order chi connectivity index (χ1) is 19.9. The molecule has 0 radical (unpaired) electrons. The van der Waals surface area contributed by atoms with Crippen molar-refractivity contribution in [2.75, 3.05) is 19.7 Å². The van der Waals surface area contributed by atoms with Gasteiger partial charge in [0.15, 0.2) is 10.9 Å². The Morgan fingerprint density at radius 3 is 2.50 bits per heavy atom. The quantitative estimate of drug-likeness (QED) is 0.352. The average Bonchev–Trinajstić information content (AvgIpc) is 3.67. The molecule has 42 heavy (non-hydrogen) atoms. The molecule has 2 unspecified atom stereocenters. The summed E-state index contributed by atoms with van der Waals surface area (Å²) in [6.07, 6.45) is 3.01. The molecule has 2 aromatic rings. The number of likely N-dealkylation sites (tertiary alicyclic amines) is 1. The molecule has 226 valence electrons. The number of carbonyl (C=O) groups is 4. The molecular formula is C31H38FN3O6S. The predicted molar refractivity (Wildman–Crippen MR) is 157 cm³/mol. The van der Waals surface area contributed by atoms with E-state index < -0.39 is 29.5 Å². The molecule has 2 aliphatic rings. The van der Waals surface area contributed by atoms with E-state index in [9.17, 15) is 23.6 Å². The second-order valence-electron chi connectivity index (χ2n) is 11.6. The third kappa shape index (κ3) is 8.16. The fourth-order valence-electron chi connectivity index (χ4n) is 5.05. The molecule has 1 aromatic carbocycles. The van der Waals surface area contributed by atoms with Crippen LogP contribution in [0.15, 0.2) is 35.9 Å². The van der Waals surface area contributed by atoms with Crippen molar-refractivity contribution in [1.82, 2.24) is 14.7 Å². The van der Waals surface area contributed by atoms with Crippen molar-refractivity contribution in [3.63, 3.8) is 0 Å². The van der Waals surface area contributed by atoms with Crippen LogP contribution < -0.4 is 0 Å². The van der Waals surface area contributed by atoms with Crippen LogP contribution in [0, 0.1) is 11.7 Å². The Morgan fingerprint density at radius 1 is 1.17 bits per heavy atom. The molecule has 0 amide bonds. The Hall–Kier alpha value is -3.31. The molecule has 0 N–H and O–H groups in total. The summed E-state index contributed by atoms with van der Waals surface area (Å²) >= 11 is 1.19. The maximum atomic E-state index is 15.0. The Bertz CT molecular complexity index is 1380. The number of rotatable bonds is 9. The summed E-state index contributed by atoms with van der Waals surface area (Å²) in [4.78, 5) is 52.9. The SMILES string of the molecule is CCOC(=O)Cc1cc(/C=C2/CN(C(C(=O)C3CC3)c3ccccc3F)CCC2SC(C)=O)nn1C(=O)OC(C)(C)C. The van der Waals surface area contributed by atoms with Crippen molar-refractivity contribution in [1.29, 1.82) is 0 Å². The fourth-order valence-corrected chi connectivity index (χ4v) is 5.96. The van der Waals surface area contributed by atoms with Gasteiger partial charge >= 0.3 is 12.1 Å². The number of hydrogen-bond donors (Lipinski definition) is 0. The van der Waals surface area contributed by atoms with Crippen LogP contribution in [0.25, 0.3) is 6.08 Å². The second-order valence-corrected chi connectivity index (χ2v) is 13.0. The zero-order valence-corrected chi connectivity index (χ0v) is 25.5. The lowest BCUT2D eigenvalue weighted by atomic mass is 9.93. The number of benzene rings is 1. The molecule has 1 saturated heterocycles. The Kier molecular flexibility index (Phi) is 10.0. The van der Waals surface area contributed by atoms with Gasteiger partial charge in [0.2, 0.25) is 0 Å². The molecule has 11 heteroatoms. The van der Waals surface area contributed by atoms with Gasteiger partial charge in [-0.25, -0.2) is 9.18 Å². The predicted octanol–water partition coefficient (Wildman–Crippen LogP) is 5.37. The van der Waals surface area contributed by atoms with E-state index in [-0.39, 0.29) is 35.1 Å². The van der Waals surface area contributed by atoms with Crippen LogP contribution in [0.1, 0.15) is 76.9 Å². The van der Waals surface area contributed by atoms with E-state index in [4.69, 9.17) is 9.47 Å². The van der Waals surface area contributed by atoms with Crippen molar-refractivity contribution >= 4 is 40.8 Å². The lowest BCUT2D eigenvalue weighted by Crippen LogP contribution is -2.43. The number of ketones is 1. The lowest BCUT2D eigenvalue weighted by Gasteiger charge is -2.38. The van der Waals surface area contributed by atoms with Gasteiger partial charge in [0.05, 0.1) is 30.5 Å². The third-order valence-electron chi connectivity index (χ3n) is 6.93. The van der Waals surface area contributed by atoms with E-state index in [0.29, 0.717) is 36.5 Å². The van der Waals surface area contributed by atoms with Gasteiger partial charge in [0.1, 0.15) is 11.4 Å². The van der Waals surface area contributed by atoms with E-state index >= 15 is 0 Å². The first kappa shape index (κ1) is 31.6. The van der Waals surface area contributed by atoms with Gasteiger partial charge in [0.25, 0.3) is 0 Å². The number of Topliss-reactive ketones (excluding diaryl/α,β-unsaturated/α-hetero) is 1. The minimum absolute atomic E-state index is 0.00282. The topological polar surface area (TPSA) is 108 Å². The van der Waals surface area contributed by atoms with E-state index in [1.165, 1.54) is 24.8 Å². The van der Waals surface area contributed by atoms with Crippen LogP contribution in [-0.2, 0) is 30.3 Å². The molecular weight excluding hydrogens is 561 g/mol. The minimum Gasteiger partial charge on any atom is -0.466 e. The van der Waals surface area contributed by atoms with Gasteiger partial charge in [-0.3, -0.25) is 19.3 Å². The van der Waals surface area contributed by atoms with Crippen LogP contribution in [0.2, 0.25) is 0 Å². The molecule has 9 nitrogen and oxygen atoms in total. The first-order valence-corrected chi connectivity index (χ1v) is 15.1. The van der Waals surface area contributed by atoms with Gasteiger partial charge in [-0.05, 0) is 70.7 Å². The summed E-state index contributed by atoms with van der Waals surface area (Å²) in [7, 11) is 0. The summed E-state index contributed by atoms with van der Waals surface area (Å²) in [6, 6.07) is 7.23. The molecule has 1 aliphatic heterocycles. The molecule has 2 atom stereocenters. The van der Waals surface area contributed by atoms with Gasteiger partial charge < -0.3 is 9.47 Å². The number of thioether (sulfide) groups is 1. The number of esters is 1.